The van der Waals surface area contributed by atoms with Gasteiger partial charge in [0.05, 0.1) is 19.5 Å². The highest BCUT2D eigenvalue weighted by molar-refractivity contribution is 5.78. The zero-order chi connectivity index (χ0) is 18.4. The molecule has 5 rings (SSSR count). The Bertz CT molecular complexity index is 958. The summed E-state index contributed by atoms with van der Waals surface area (Å²) in [7, 11) is 2.23. The molecule has 1 aromatic heterocycles. The number of hydrogen-bond acceptors (Lipinski definition) is 4. The highest BCUT2D eigenvalue weighted by Gasteiger charge is 2.30. The van der Waals surface area contributed by atoms with Gasteiger partial charge in [0.1, 0.15) is 5.58 Å². The number of ether oxygens (including phenoxy) is 1. The number of morpholine rings is 1. The quantitative estimate of drug-likeness (QED) is 0.675. The largest absolute Gasteiger partial charge is 0.464 e. The van der Waals surface area contributed by atoms with Crippen molar-refractivity contribution >= 4 is 16.7 Å². The SMILES string of the molecule is CC1c2cc(N3CCOCC3)ccc2C(c2ccc3ccoc3c2)CN1C. The lowest BCUT2D eigenvalue weighted by Gasteiger charge is -2.39. The number of hydrogen-bond donors (Lipinski definition) is 0. The first kappa shape index (κ1) is 16.8. The number of nitrogens with zero attached hydrogens (tertiary/aromatic N) is 2. The Morgan fingerprint density at radius 1 is 0.963 bits per heavy atom. The van der Waals surface area contributed by atoms with Gasteiger partial charge in [0, 0.05) is 42.7 Å². The summed E-state index contributed by atoms with van der Waals surface area (Å²) >= 11 is 0. The second kappa shape index (κ2) is 6.70. The average molecular weight is 362 g/mol. The van der Waals surface area contributed by atoms with Gasteiger partial charge >= 0.3 is 0 Å². The van der Waals surface area contributed by atoms with Crippen molar-refractivity contribution in [3.8, 4) is 0 Å². The summed E-state index contributed by atoms with van der Waals surface area (Å²) in [6.45, 7) is 6.92. The number of benzene rings is 2. The van der Waals surface area contributed by atoms with Crippen molar-refractivity contribution < 1.29 is 9.15 Å². The van der Waals surface area contributed by atoms with E-state index in [1.807, 2.05) is 6.07 Å². The van der Waals surface area contributed by atoms with E-state index in [2.05, 4.69) is 60.2 Å². The molecule has 0 aliphatic carbocycles. The third-order valence-corrected chi connectivity index (χ3v) is 6.29. The topological polar surface area (TPSA) is 28.9 Å². The smallest absolute Gasteiger partial charge is 0.134 e. The van der Waals surface area contributed by atoms with Crippen LogP contribution in [0.15, 0.2) is 53.1 Å². The third-order valence-electron chi connectivity index (χ3n) is 6.29. The molecular weight excluding hydrogens is 336 g/mol. The van der Waals surface area contributed by atoms with Gasteiger partial charge in [-0.05, 0) is 54.9 Å². The molecule has 0 spiro atoms. The zero-order valence-corrected chi connectivity index (χ0v) is 16.0. The number of fused-ring (bicyclic) bond motifs is 2. The lowest BCUT2D eigenvalue weighted by atomic mass is 9.81. The standard InChI is InChI=1S/C23H26N2O2/c1-16-21-14-19(25-8-11-26-12-9-25)5-6-20(21)22(15-24(16)2)18-4-3-17-7-10-27-23(17)13-18/h3-7,10,13-14,16,22H,8-9,11-12,15H2,1-2H3. The molecule has 3 aromatic rings. The molecule has 0 bridgehead atoms. The number of rotatable bonds is 2. The summed E-state index contributed by atoms with van der Waals surface area (Å²) in [5.74, 6) is 0.370. The van der Waals surface area contributed by atoms with Gasteiger partial charge < -0.3 is 14.1 Å². The van der Waals surface area contributed by atoms with Gasteiger partial charge in [-0.3, -0.25) is 4.90 Å². The molecule has 2 aliphatic heterocycles. The van der Waals surface area contributed by atoms with Crippen LogP contribution in [-0.4, -0.2) is 44.8 Å². The summed E-state index contributed by atoms with van der Waals surface area (Å²) in [5.41, 5.74) is 6.51. The summed E-state index contributed by atoms with van der Waals surface area (Å²) in [6, 6.07) is 16.1. The second-order valence-electron chi connectivity index (χ2n) is 7.80. The summed E-state index contributed by atoms with van der Waals surface area (Å²) in [4.78, 5) is 4.90. The van der Waals surface area contributed by atoms with Crippen molar-refractivity contribution in [2.24, 2.45) is 0 Å². The van der Waals surface area contributed by atoms with Crippen LogP contribution < -0.4 is 4.90 Å². The normalized spacial score (nSPS) is 23.6. The van der Waals surface area contributed by atoms with Gasteiger partial charge in [0.2, 0.25) is 0 Å². The Hall–Kier alpha value is -2.30. The molecular formula is C23H26N2O2. The molecule has 27 heavy (non-hydrogen) atoms. The maximum atomic E-state index is 5.65. The fourth-order valence-electron chi connectivity index (χ4n) is 4.51. The van der Waals surface area contributed by atoms with Crippen molar-refractivity contribution in [3.63, 3.8) is 0 Å². The van der Waals surface area contributed by atoms with Crippen LogP contribution in [-0.2, 0) is 4.74 Å². The minimum Gasteiger partial charge on any atom is -0.464 e. The first-order valence-corrected chi connectivity index (χ1v) is 9.84. The number of likely N-dealkylation sites (N-methyl/N-ethyl adjacent to an activating group) is 1. The Morgan fingerprint density at radius 2 is 1.81 bits per heavy atom. The van der Waals surface area contributed by atoms with Gasteiger partial charge in [-0.1, -0.05) is 18.2 Å². The molecule has 2 unspecified atom stereocenters. The highest BCUT2D eigenvalue weighted by atomic mass is 16.5. The van der Waals surface area contributed by atoms with Crippen molar-refractivity contribution in [2.75, 3.05) is 44.8 Å². The van der Waals surface area contributed by atoms with Gasteiger partial charge in [0.15, 0.2) is 0 Å². The van der Waals surface area contributed by atoms with E-state index in [0.29, 0.717) is 12.0 Å². The molecule has 0 amide bonds. The minimum absolute atomic E-state index is 0.370. The van der Waals surface area contributed by atoms with Crippen LogP contribution in [0.25, 0.3) is 11.0 Å². The maximum Gasteiger partial charge on any atom is 0.134 e. The van der Waals surface area contributed by atoms with E-state index < -0.39 is 0 Å². The van der Waals surface area contributed by atoms with E-state index in [9.17, 15) is 0 Å². The minimum atomic E-state index is 0.370. The molecule has 3 heterocycles. The van der Waals surface area contributed by atoms with E-state index in [1.54, 1.807) is 6.26 Å². The molecule has 0 saturated carbocycles. The van der Waals surface area contributed by atoms with E-state index >= 15 is 0 Å². The van der Waals surface area contributed by atoms with Crippen LogP contribution >= 0.6 is 0 Å². The van der Waals surface area contributed by atoms with Crippen molar-refractivity contribution in [1.82, 2.24) is 4.90 Å². The van der Waals surface area contributed by atoms with Crippen molar-refractivity contribution in [2.45, 2.75) is 18.9 Å². The van der Waals surface area contributed by atoms with Gasteiger partial charge in [-0.15, -0.1) is 0 Å². The van der Waals surface area contributed by atoms with E-state index in [1.165, 1.54) is 27.8 Å². The molecule has 4 heteroatoms. The molecule has 140 valence electrons. The fourth-order valence-corrected chi connectivity index (χ4v) is 4.51. The Morgan fingerprint density at radius 3 is 2.67 bits per heavy atom. The zero-order valence-electron chi connectivity index (χ0n) is 16.0. The Kier molecular flexibility index (Phi) is 4.18. The summed E-state index contributed by atoms with van der Waals surface area (Å²) < 4.78 is 11.2. The third kappa shape index (κ3) is 2.93. The Balaban J connectivity index is 1.56. The lowest BCUT2D eigenvalue weighted by molar-refractivity contribution is 0.122. The first-order valence-electron chi connectivity index (χ1n) is 9.84. The molecule has 0 radical (unpaired) electrons. The second-order valence-corrected chi connectivity index (χ2v) is 7.80. The molecule has 2 atom stereocenters. The molecule has 2 aliphatic rings. The van der Waals surface area contributed by atoms with Crippen molar-refractivity contribution in [3.05, 3.63) is 65.4 Å². The van der Waals surface area contributed by atoms with Gasteiger partial charge in [-0.2, -0.15) is 0 Å². The number of anilines is 1. The fraction of sp³-hybridized carbons (Fsp3) is 0.391. The molecule has 1 fully saturated rings. The molecule has 4 nitrogen and oxygen atoms in total. The summed E-state index contributed by atoms with van der Waals surface area (Å²) in [5, 5.41) is 1.17. The highest BCUT2D eigenvalue weighted by Crippen LogP contribution is 2.40. The van der Waals surface area contributed by atoms with E-state index in [0.717, 1.165) is 38.4 Å². The molecule has 1 saturated heterocycles. The monoisotopic (exact) mass is 362 g/mol. The maximum absolute atomic E-state index is 5.65. The van der Waals surface area contributed by atoms with Crippen LogP contribution in [0, 0.1) is 0 Å². The summed E-state index contributed by atoms with van der Waals surface area (Å²) in [6.07, 6.45) is 1.77. The first-order chi connectivity index (χ1) is 13.2. The van der Waals surface area contributed by atoms with Crippen LogP contribution in [0.1, 0.15) is 35.6 Å². The molecule has 0 N–H and O–H groups in total. The van der Waals surface area contributed by atoms with Crippen molar-refractivity contribution in [1.29, 1.82) is 0 Å². The lowest BCUT2D eigenvalue weighted by Crippen LogP contribution is -2.37. The predicted octanol–water partition coefficient (Wildman–Crippen LogP) is 4.41. The van der Waals surface area contributed by atoms with Crippen LogP contribution in [0.2, 0.25) is 0 Å². The number of furan rings is 1. The predicted molar refractivity (Wildman–Crippen MR) is 109 cm³/mol. The molecule has 2 aromatic carbocycles. The van der Waals surface area contributed by atoms with E-state index in [4.69, 9.17) is 9.15 Å². The van der Waals surface area contributed by atoms with Gasteiger partial charge in [0.25, 0.3) is 0 Å². The van der Waals surface area contributed by atoms with Gasteiger partial charge in [-0.25, -0.2) is 0 Å². The van der Waals surface area contributed by atoms with Crippen LogP contribution in [0.5, 0.6) is 0 Å². The van der Waals surface area contributed by atoms with Crippen LogP contribution in [0.3, 0.4) is 0 Å². The average Bonchev–Trinajstić information content (AvgIpc) is 3.19. The van der Waals surface area contributed by atoms with E-state index in [-0.39, 0.29) is 0 Å². The van der Waals surface area contributed by atoms with Crippen LogP contribution in [0.4, 0.5) is 5.69 Å². The Labute approximate surface area is 160 Å².